The highest BCUT2D eigenvalue weighted by Gasteiger charge is 2.29. The fourth-order valence-corrected chi connectivity index (χ4v) is 3.41. The van der Waals surface area contributed by atoms with Crippen LogP contribution in [0.1, 0.15) is 34.7 Å². The molecule has 2 fully saturated rings. The van der Waals surface area contributed by atoms with Gasteiger partial charge in [0, 0.05) is 37.4 Å². The molecule has 0 bridgehead atoms. The Kier molecular flexibility index (Phi) is 4.32. The second kappa shape index (κ2) is 6.76. The zero-order valence-corrected chi connectivity index (χ0v) is 14.3. The number of nitrogens with one attached hydrogen (secondary N) is 2. The van der Waals surface area contributed by atoms with Gasteiger partial charge in [-0.15, -0.1) is 0 Å². The van der Waals surface area contributed by atoms with Gasteiger partial charge in [-0.25, -0.2) is 0 Å². The van der Waals surface area contributed by atoms with E-state index in [0.29, 0.717) is 17.3 Å². The van der Waals surface area contributed by atoms with E-state index in [-0.39, 0.29) is 5.91 Å². The number of nitrogen functional groups attached to an aromatic ring is 1. The minimum absolute atomic E-state index is 0.0772. The maximum absolute atomic E-state index is 12.8. The van der Waals surface area contributed by atoms with Gasteiger partial charge >= 0.3 is 0 Å². The minimum Gasteiger partial charge on any atom is -0.397 e. The lowest BCUT2D eigenvalue weighted by atomic mass is 10.0. The number of nitrogens with two attached hydrogens (primary N) is 1. The first-order valence-electron chi connectivity index (χ1n) is 8.98. The van der Waals surface area contributed by atoms with Crippen LogP contribution in [0.15, 0.2) is 42.5 Å². The number of piperazine rings is 1. The Balaban J connectivity index is 1.60. The first kappa shape index (κ1) is 16.0. The van der Waals surface area contributed by atoms with E-state index in [2.05, 4.69) is 27.7 Å². The summed E-state index contributed by atoms with van der Waals surface area (Å²) >= 11 is 0. The molecule has 25 heavy (non-hydrogen) atoms. The van der Waals surface area contributed by atoms with Gasteiger partial charge in [-0.1, -0.05) is 12.1 Å². The van der Waals surface area contributed by atoms with Gasteiger partial charge in [-0.3, -0.25) is 4.79 Å². The van der Waals surface area contributed by atoms with Crippen LogP contribution in [-0.2, 0) is 0 Å². The summed E-state index contributed by atoms with van der Waals surface area (Å²) in [7, 11) is 0. The lowest BCUT2D eigenvalue weighted by Gasteiger charge is -2.30. The minimum atomic E-state index is -0.0772. The number of benzene rings is 2. The smallest absolute Gasteiger partial charge is 0.256 e. The van der Waals surface area contributed by atoms with Crippen LogP contribution >= 0.6 is 0 Å². The Bertz CT molecular complexity index is 779. The second-order valence-electron chi connectivity index (χ2n) is 6.82. The molecule has 2 aromatic rings. The van der Waals surface area contributed by atoms with Crippen LogP contribution in [0, 0.1) is 0 Å². The van der Waals surface area contributed by atoms with Crippen LogP contribution in [-0.4, -0.2) is 32.1 Å². The topological polar surface area (TPSA) is 70.4 Å². The molecule has 0 unspecified atom stereocenters. The van der Waals surface area contributed by atoms with Crippen LogP contribution in [0.25, 0.3) is 0 Å². The number of amides is 1. The number of nitrogens with zero attached hydrogens (tertiary/aromatic N) is 1. The summed E-state index contributed by atoms with van der Waals surface area (Å²) in [4.78, 5) is 15.2. The van der Waals surface area contributed by atoms with Crippen molar-refractivity contribution in [3.05, 3.63) is 53.6 Å². The first-order valence-corrected chi connectivity index (χ1v) is 8.98. The third kappa shape index (κ3) is 3.46. The van der Waals surface area contributed by atoms with Crippen molar-refractivity contribution in [1.29, 1.82) is 0 Å². The molecule has 5 heteroatoms. The van der Waals surface area contributed by atoms with E-state index >= 15 is 0 Å². The van der Waals surface area contributed by atoms with Crippen molar-refractivity contribution in [2.24, 2.45) is 0 Å². The molecular weight excluding hydrogens is 312 g/mol. The van der Waals surface area contributed by atoms with E-state index in [1.807, 2.05) is 24.3 Å². The molecule has 0 atom stereocenters. The number of hydrogen-bond donors (Lipinski definition) is 3. The van der Waals surface area contributed by atoms with E-state index in [1.54, 1.807) is 6.07 Å². The zero-order chi connectivity index (χ0) is 17.2. The van der Waals surface area contributed by atoms with Gasteiger partial charge in [-0.05, 0) is 54.7 Å². The summed E-state index contributed by atoms with van der Waals surface area (Å²) in [5.74, 6) is 0.434. The molecule has 130 valence electrons. The van der Waals surface area contributed by atoms with Crippen molar-refractivity contribution in [3.63, 3.8) is 0 Å². The monoisotopic (exact) mass is 336 g/mol. The predicted molar refractivity (Wildman–Crippen MR) is 102 cm³/mol. The summed E-state index contributed by atoms with van der Waals surface area (Å²) in [6.07, 6.45) is 2.33. The van der Waals surface area contributed by atoms with Crippen molar-refractivity contribution in [2.45, 2.75) is 18.8 Å². The molecule has 1 aliphatic heterocycles. The Hall–Kier alpha value is -2.53. The molecule has 5 nitrogen and oxygen atoms in total. The average Bonchev–Trinajstić information content (AvgIpc) is 3.49. The van der Waals surface area contributed by atoms with Gasteiger partial charge in [0.05, 0.1) is 11.4 Å². The number of hydrogen-bond acceptors (Lipinski definition) is 4. The van der Waals surface area contributed by atoms with Crippen molar-refractivity contribution >= 4 is 23.0 Å². The van der Waals surface area contributed by atoms with Crippen LogP contribution in [0.2, 0.25) is 0 Å². The molecule has 4 rings (SSSR count). The predicted octanol–water partition coefficient (Wildman–Crippen LogP) is 2.81. The number of rotatable bonds is 4. The number of carbonyl (C=O) groups is 1. The molecule has 1 aliphatic carbocycles. The molecular formula is C20H24N4O. The molecule has 1 saturated heterocycles. The third-order valence-corrected chi connectivity index (χ3v) is 4.99. The van der Waals surface area contributed by atoms with Gasteiger partial charge < -0.3 is 21.3 Å². The van der Waals surface area contributed by atoms with E-state index in [9.17, 15) is 4.79 Å². The van der Waals surface area contributed by atoms with E-state index in [0.717, 1.165) is 31.7 Å². The normalized spacial score (nSPS) is 17.4. The molecule has 0 aromatic heterocycles. The van der Waals surface area contributed by atoms with Gasteiger partial charge in [-0.2, -0.15) is 0 Å². The maximum atomic E-state index is 12.8. The van der Waals surface area contributed by atoms with Crippen molar-refractivity contribution in [2.75, 3.05) is 42.1 Å². The standard InChI is InChI=1S/C20H24N4O/c21-18-3-1-2-4-19(18)23-20(25)16-8-7-15(13-17(16)14-5-6-14)24-11-9-22-10-12-24/h1-4,7-8,13-14,22H,5-6,9-12,21H2,(H,23,25). The zero-order valence-electron chi connectivity index (χ0n) is 14.3. The van der Waals surface area contributed by atoms with Gasteiger partial charge in [0.1, 0.15) is 0 Å². The lowest BCUT2D eigenvalue weighted by Crippen LogP contribution is -2.43. The Morgan fingerprint density at radius 3 is 2.60 bits per heavy atom. The third-order valence-electron chi connectivity index (χ3n) is 4.99. The summed E-state index contributed by atoms with van der Waals surface area (Å²) in [5.41, 5.74) is 10.4. The highest BCUT2D eigenvalue weighted by Crippen LogP contribution is 2.43. The molecule has 1 saturated carbocycles. The van der Waals surface area contributed by atoms with Crippen LogP contribution < -0.4 is 21.3 Å². The van der Waals surface area contributed by atoms with E-state index < -0.39 is 0 Å². The average molecular weight is 336 g/mol. The Labute approximate surface area is 148 Å². The Morgan fingerprint density at radius 1 is 1.12 bits per heavy atom. The molecule has 2 aromatic carbocycles. The molecule has 2 aliphatic rings. The highest BCUT2D eigenvalue weighted by molar-refractivity contribution is 6.07. The quantitative estimate of drug-likeness (QED) is 0.751. The van der Waals surface area contributed by atoms with Gasteiger partial charge in [0.15, 0.2) is 0 Å². The van der Waals surface area contributed by atoms with E-state index in [1.165, 1.54) is 24.1 Å². The van der Waals surface area contributed by atoms with Crippen LogP contribution in [0.3, 0.4) is 0 Å². The number of para-hydroxylation sites is 2. The van der Waals surface area contributed by atoms with Crippen molar-refractivity contribution in [3.8, 4) is 0 Å². The Morgan fingerprint density at radius 2 is 1.88 bits per heavy atom. The van der Waals surface area contributed by atoms with Crippen LogP contribution in [0.4, 0.5) is 17.1 Å². The van der Waals surface area contributed by atoms with Crippen LogP contribution in [0.5, 0.6) is 0 Å². The largest absolute Gasteiger partial charge is 0.397 e. The summed E-state index contributed by atoms with van der Waals surface area (Å²) in [6.45, 7) is 4.04. The lowest BCUT2D eigenvalue weighted by molar-refractivity contribution is 0.102. The van der Waals surface area contributed by atoms with Gasteiger partial charge in [0.2, 0.25) is 0 Å². The number of carbonyl (C=O) groups excluding carboxylic acids is 1. The molecule has 4 N–H and O–H groups in total. The fourth-order valence-electron chi connectivity index (χ4n) is 3.41. The van der Waals surface area contributed by atoms with E-state index in [4.69, 9.17) is 5.73 Å². The highest BCUT2D eigenvalue weighted by atomic mass is 16.1. The SMILES string of the molecule is Nc1ccccc1NC(=O)c1ccc(N2CCNCC2)cc1C1CC1. The molecule has 1 heterocycles. The summed E-state index contributed by atoms with van der Waals surface area (Å²) in [6, 6.07) is 13.6. The molecule has 0 radical (unpaired) electrons. The molecule has 0 spiro atoms. The summed E-state index contributed by atoms with van der Waals surface area (Å²) in [5, 5.41) is 6.34. The second-order valence-corrected chi connectivity index (χ2v) is 6.82. The maximum Gasteiger partial charge on any atom is 0.256 e. The fraction of sp³-hybridized carbons (Fsp3) is 0.350. The van der Waals surface area contributed by atoms with Gasteiger partial charge in [0.25, 0.3) is 5.91 Å². The summed E-state index contributed by atoms with van der Waals surface area (Å²) < 4.78 is 0. The van der Waals surface area contributed by atoms with Crippen molar-refractivity contribution < 1.29 is 4.79 Å². The number of anilines is 3. The first-order chi connectivity index (χ1) is 12.2. The van der Waals surface area contributed by atoms with Crippen molar-refractivity contribution in [1.82, 2.24) is 5.32 Å². The molecule has 1 amide bonds.